The van der Waals surface area contributed by atoms with E-state index in [0.717, 1.165) is 48.2 Å². The second-order valence-electron chi connectivity index (χ2n) is 5.99. The van der Waals surface area contributed by atoms with E-state index in [1.54, 1.807) is 4.52 Å². The van der Waals surface area contributed by atoms with Gasteiger partial charge in [0.15, 0.2) is 11.6 Å². The van der Waals surface area contributed by atoms with Crippen molar-refractivity contribution in [3.63, 3.8) is 0 Å². The fourth-order valence-corrected chi connectivity index (χ4v) is 3.83. The lowest BCUT2D eigenvalue weighted by atomic mass is 9.94. The summed E-state index contributed by atoms with van der Waals surface area (Å²) in [6.45, 7) is 0. The number of hydrogen-bond donors (Lipinski definition) is 0. The molecule has 0 unspecified atom stereocenters. The molecule has 0 fully saturated rings. The average molecular weight is 295 g/mol. The molecule has 7 nitrogen and oxygen atoms in total. The van der Waals surface area contributed by atoms with E-state index in [-0.39, 0.29) is 11.6 Å². The molecule has 0 saturated carbocycles. The van der Waals surface area contributed by atoms with Gasteiger partial charge < -0.3 is 0 Å². The zero-order chi connectivity index (χ0) is 14.8. The van der Waals surface area contributed by atoms with E-state index < -0.39 is 0 Å². The monoisotopic (exact) mass is 295 g/mol. The van der Waals surface area contributed by atoms with E-state index in [4.69, 9.17) is 0 Å². The van der Waals surface area contributed by atoms with Crippen LogP contribution < -0.4 is 0 Å². The Hall–Kier alpha value is -2.57. The summed E-state index contributed by atoms with van der Waals surface area (Å²) in [5.74, 6) is 0.859. The zero-order valence-electron chi connectivity index (χ0n) is 11.9. The van der Waals surface area contributed by atoms with Crippen molar-refractivity contribution in [1.29, 1.82) is 0 Å². The molecular weight excluding hydrogens is 282 g/mol. The Morgan fingerprint density at radius 3 is 2.59 bits per heavy atom. The molecule has 0 saturated heterocycles. The molecule has 3 heterocycles. The van der Waals surface area contributed by atoms with Gasteiger partial charge in [-0.05, 0) is 42.2 Å². The molecule has 0 aromatic carbocycles. The molecule has 0 radical (unpaired) electrons. The van der Waals surface area contributed by atoms with Crippen LogP contribution in [0.1, 0.15) is 57.8 Å². The number of ketones is 2. The van der Waals surface area contributed by atoms with Crippen LogP contribution in [0.3, 0.4) is 0 Å². The Balaban J connectivity index is 2.03. The van der Waals surface area contributed by atoms with Crippen molar-refractivity contribution in [2.75, 3.05) is 0 Å². The number of nitrogens with zero attached hydrogens (tertiary/aromatic N) is 5. The highest BCUT2D eigenvalue weighted by molar-refractivity contribution is 6.07. The lowest BCUT2D eigenvalue weighted by molar-refractivity contribution is 0.0964. The van der Waals surface area contributed by atoms with Gasteiger partial charge in [-0.1, -0.05) is 5.10 Å². The van der Waals surface area contributed by atoms with Crippen LogP contribution in [0.15, 0.2) is 6.07 Å². The summed E-state index contributed by atoms with van der Waals surface area (Å²) in [7, 11) is 0. The largest absolute Gasteiger partial charge is 0.294 e. The number of aryl methyl sites for hydroxylation is 2. The maximum Gasteiger partial charge on any atom is 0.258 e. The number of tetrazole rings is 1. The quantitative estimate of drug-likeness (QED) is 0.626. The van der Waals surface area contributed by atoms with Gasteiger partial charge in [-0.25, -0.2) is 0 Å². The number of aromatic nitrogens is 5. The smallest absolute Gasteiger partial charge is 0.258 e. The first kappa shape index (κ1) is 12.0. The Morgan fingerprint density at radius 2 is 1.73 bits per heavy atom. The molecule has 0 bridgehead atoms. The molecule has 7 heteroatoms. The molecule has 3 aromatic heterocycles. The zero-order valence-corrected chi connectivity index (χ0v) is 11.9. The summed E-state index contributed by atoms with van der Waals surface area (Å²) in [5.41, 5.74) is 4.01. The molecule has 3 aromatic rings. The van der Waals surface area contributed by atoms with Crippen LogP contribution in [0.25, 0.3) is 11.3 Å². The van der Waals surface area contributed by atoms with Gasteiger partial charge in [0.05, 0.1) is 16.8 Å². The van der Waals surface area contributed by atoms with Crippen LogP contribution in [0.5, 0.6) is 0 Å². The van der Waals surface area contributed by atoms with Crippen LogP contribution in [-0.4, -0.2) is 36.0 Å². The third-order valence-electron chi connectivity index (χ3n) is 4.77. The second kappa shape index (κ2) is 4.00. The number of rotatable bonds is 0. The van der Waals surface area contributed by atoms with Crippen molar-refractivity contribution in [2.24, 2.45) is 0 Å². The van der Waals surface area contributed by atoms with E-state index in [2.05, 4.69) is 15.5 Å². The Morgan fingerprint density at radius 1 is 0.955 bits per heavy atom. The van der Waals surface area contributed by atoms with Crippen molar-refractivity contribution in [3.8, 4) is 0 Å². The van der Waals surface area contributed by atoms with Crippen molar-refractivity contribution >= 4 is 22.9 Å². The van der Waals surface area contributed by atoms with Gasteiger partial charge in [0, 0.05) is 24.1 Å². The Kier molecular flexibility index (Phi) is 2.18. The number of Topliss-reactive ketones (excluding diaryl/α,β-unsaturated/α-hetero) is 2. The van der Waals surface area contributed by atoms with Crippen LogP contribution in [-0.2, 0) is 12.8 Å². The summed E-state index contributed by atoms with van der Waals surface area (Å²) < 4.78 is 3.58. The number of fused-ring (bicyclic) bond motifs is 8. The van der Waals surface area contributed by atoms with Crippen molar-refractivity contribution in [1.82, 2.24) is 24.4 Å². The van der Waals surface area contributed by atoms with Crippen LogP contribution in [0.4, 0.5) is 0 Å². The summed E-state index contributed by atoms with van der Waals surface area (Å²) >= 11 is 0. The molecule has 2 aliphatic carbocycles. The van der Waals surface area contributed by atoms with E-state index in [1.807, 2.05) is 10.5 Å². The number of hydrogen-bond acceptors (Lipinski definition) is 5. The SMILES string of the molecule is O=C1CCCc2c1cc1c3c(n4nnnc4n21)CCCC3=O. The number of carbonyl (C=O) groups excluding carboxylic acids is 2. The fraction of sp³-hybridized carbons (Fsp3) is 0.400. The van der Waals surface area contributed by atoms with E-state index in [9.17, 15) is 9.59 Å². The average Bonchev–Trinajstić information content (AvgIpc) is 3.11. The summed E-state index contributed by atoms with van der Waals surface area (Å²) in [5, 5.41) is 12.0. The minimum atomic E-state index is 0.117. The van der Waals surface area contributed by atoms with E-state index in [0.29, 0.717) is 24.2 Å². The van der Waals surface area contributed by atoms with Crippen LogP contribution >= 0.6 is 0 Å². The minimum Gasteiger partial charge on any atom is -0.294 e. The minimum absolute atomic E-state index is 0.117. The van der Waals surface area contributed by atoms with Crippen molar-refractivity contribution in [3.05, 3.63) is 28.6 Å². The van der Waals surface area contributed by atoms with E-state index >= 15 is 0 Å². The molecule has 0 N–H and O–H groups in total. The molecule has 5 rings (SSSR count). The topological polar surface area (TPSA) is 81.6 Å². The molecule has 2 aliphatic rings. The van der Waals surface area contributed by atoms with Crippen molar-refractivity contribution in [2.45, 2.75) is 38.5 Å². The van der Waals surface area contributed by atoms with Gasteiger partial charge in [0.2, 0.25) is 0 Å². The van der Waals surface area contributed by atoms with Gasteiger partial charge in [-0.2, -0.15) is 4.52 Å². The number of carbonyl (C=O) groups is 2. The molecule has 22 heavy (non-hydrogen) atoms. The fourth-order valence-electron chi connectivity index (χ4n) is 3.83. The van der Waals surface area contributed by atoms with E-state index in [1.165, 1.54) is 0 Å². The van der Waals surface area contributed by atoms with Gasteiger partial charge in [0.1, 0.15) is 0 Å². The highest BCUT2D eigenvalue weighted by atomic mass is 16.1. The predicted octanol–water partition coefficient (Wildman–Crippen LogP) is 1.41. The highest BCUT2D eigenvalue weighted by Gasteiger charge is 2.30. The molecule has 110 valence electrons. The lowest BCUT2D eigenvalue weighted by Crippen LogP contribution is -2.19. The summed E-state index contributed by atoms with van der Waals surface area (Å²) in [4.78, 5) is 24.7. The third kappa shape index (κ3) is 1.33. The molecule has 0 aliphatic heterocycles. The van der Waals surface area contributed by atoms with Gasteiger partial charge in [-0.15, -0.1) is 0 Å². The Bertz CT molecular complexity index is 981. The molecule has 0 atom stereocenters. The standard InChI is InChI=1S/C15H13N5O2/c21-12-5-1-3-9-8(12)7-11-14-10(4-2-6-13(14)22)20-15(19(9)11)16-17-18-20/h7H,1-6H2. The maximum atomic E-state index is 12.5. The van der Waals surface area contributed by atoms with Crippen molar-refractivity contribution < 1.29 is 9.59 Å². The second-order valence-corrected chi connectivity index (χ2v) is 5.99. The molecule has 0 spiro atoms. The summed E-state index contributed by atoms with van der Waals surface area (Å²) in [6.07, 6.45) is 4.35. The summed E-state index contributed by atoms with van der Waals surface area (Å²) in [6, 6.07) is 1.87. The van der Waals surface area contributed by atoms with Gasteiger partial charge in [0.25, 0.3) is 5.78 Å². The third-order valence-corrected chi connectivity index (χ3v) is 4.77. The molecule has 0 amide bonds. The Labute approximate surface area is 124 Å². The van der Waals surface area contributed by atoms with Gasteiger partial charge in [-0.3, -0.25) is 14.0 Å². The first-order valence-electron chi connectivity index (χ1n) is 7.59. The first-order valence-corrected chi connectivity index (χ1v) is 7.59. The van der Waals surface area contributed by atoms with Crippen LogP contribution in [0, 0.1) is 0 Å². The molecular formula is C15H13N5O2. The maximum absolute atomic E-state index is 12.5. The normalized spacial score (nSPS) is 18.0. The van der Waals surface area contributed by atoms with Gasteiger partial charge >= 0.3 is 0 Å². The lowest BCUT2D eigenvalue weighted by Gasteiger charge is -2.18. The first-order chi connectivity index (χ1) is 10.8. The predicted molar refractivity (Wildman–Crippen MR) is 76.3 cm³/mol. The van der Waals surface area contributed by atoms with Crippen LogP contribution in [0.2, 0.25) is 0 Å². The highest BCUT2D eigenvalue weighted by Crippen LogP contribution is 2.32.